The van der Waals surface area contributed by atoms with Crippen LogP contribution in [0.4, 0.5) is 15.2 Å². The summed E-state index contributed by atoms with van der Waals surface area (Å²) in [5.41, 5.74) is 2.09. The zero-order valence-electron chi connectivity index (χ0n) is 14.4. The topological polar surface area (TPSA) is 43.4 Å². The van der Waals surface area contributed by atoms with Gasteiger partial charge in [-0.2, -0.15) is 0 Å². The van der Waals surface area contributed by atoms with Crippen LogP contribution in [0.15, 0.2) is 48.5 Å². The third-order valence-corrected chi connectivity index (χ3v) is 5.44. The Hall–Kier alpha value is -2.44. The van der Waals surface area contributed by atoms with Crippen LogP contribution >= 0.6 is 11.3 Å². The molecular weight excluding hydrogens is 351 g/mol. The largest absolute Gasteiger partial charge is 0.457 e. The van der Waals surface area contributed by atoms with Crippen molar-refractivity contribution in [3.8, 4) is 11.5 Å². The molecule has 0 radical (unpaired) electrons. The summed E-state index contributed by atoms with van der Waals surface area (Å²) in [7, 11) is 1.76. The molecule has 3 aromatic rings. The Morgan fingerprint density at radius 1 is 1.08 bits per heavy atom. The molecule has 0 spiro atoms. The van der Waals surface area contributed by atoms with Crippen molar-refractivity contribution >= 4 is 22.2 Å². The quantitative estimate of drug-likeness (QED) is 0.612. The van der Waals surface area contributed by atoms with Crippen molar-refractivity contribution in [1.82, 2.24) is 4.98 Å². The van der Waals surface area contributed by atoms with Crippen molar-refractivity contribution in [2.45, 2.75) is 25.4 Å². The maximum absolute atomic E-state index is 12.9. The number of methoxy groups -OCH3 is 1. The third kappa shape index (κ3) is 3.71. The third-order valence-electron chi connectivity index (χ3n) is 4.34. The lowest BCUT2D eigenvalue weighted by Gasteiger charge is -2.18. The van der Waals surface area contributed by atoms with Crippen LogP contribution in [-0.2, 0) is 11.2 Å². The van der Waals surface area contributed by atoms with Crippen LogP contribution in [0.25, 0.3) is 0 Å². The van der Waals surface area contributed by atoms with E-state index in [1.807, 2.05) is 24.3 Å². The highest BCUT2D eigenvalue weighted by Crippen LogP contribution is 2.38. The van der Waals surface area contributed by atoms with Gasteiger partial charge in [-0.05, 0) is 67.8 Å². The highest BCUT2D eigenvalue weighted by atomic mass is 32.1. The highest BCUT2D eigenvalue weighted by Gasteiger charge is 2.24. The molecule has 1 aliphatic rings. The number of aryl methyl sites for hydroxylation is 1. The van der Waals surface area contributed by atoms with E-state index in [1.165, 1.54) is 17.0 Å². The molecule has 0 saturated carbocycles. The first-order chi connectivity index (χ1) is 12.7. The Labute approximate surface area is 155 Å². The highest BCUT2D eigenvalue weighted by molar-refractivity contribution is 7.15. The number of fused-ring (bicyclic) bond motifs is 1. The van der Waals surface area contributed by atoms with Crippen molar-refractivity contribution in [2.24, 2.45) is 0 Å². The Morgan fingerprint density at radius 2 is 1.77 bits per heavy atom. The molecule has 2 aromatic carbocycles. The fourth-order valence-corrected chi connectivity index (χ4v) is 4.17. The summed E-state index contributed by atoms with van der Waals surface area (Å²) >= 11 is 1.66. The van der Waals surface area contributed by atoms with E-state index in [2.05, 4.69) is 5.32 Å². The average molecular weight is 370 g/mol. The van der Waals surface area contributed by atoms with Gasteiger partial charge in [-0.3, -0.25) is 0 Å². The van der Waals surface area contributed by atoms with E-state index in [-0.39, 0.29) is 11.9 Å². The minimum Gasteiger partial charge on any atom is -0.457 e. The van der Waals surface area contributed by atoms with Crippen molar-refractivity contribution in [2.75, 3.05) is 12.4 Å². The number of ether oxygens (including phenoxy) is 2. The van der Waals surface area contributed by atoms with Crippen molar-refractivity contribution in [1.29, 1.82) is 0 Å². The van der Waals surface area contributed by atoms with Gasteiger partial charge in [-0.1, -0.05) is 11.3 Å². The number of halogens is 1. The van der Waals surface area contributed by atoms with Crippen LogP contribution in [0.3, 0.4) is 0 Å². The first-order valence-corrected chi connectivity index (χ1v) is 9.36. The maximum atomic E-state index is 12.9. The molecule has 6 heteroatoms. The predicted molar refractivity (Wildman–Crippen MR) is 101 cm³/mol. The van der Waals surface area contributed by atoms with Crippen molar-refractivity contribution in [3.05, 3.63) is 64.9 Å². The molecule has 1 aromatic heterocycles. The molecule has 1 unspecified atom stereocenters. The second-order valence-electron chi connectivity index (χ2n) is 6.15. The molecule has 1 heterocycles. The van der Waals surface area contributed by atoms with Gasteiger partial charge in [0.25, 0.3) is 0 Å². The van der Waals surface area contributed by atoms with Gasteiger partial charge in [-0.15, -0.1) is 0 Å². The van der Waals surface area contributed by atoms with E-state index >= 15 is 0 Å². The molecule has 0 fully saturated rings. The van der Waals surface area contributed by atoms with Gasteiger partial charge in [-0.25, -0.2) is 9.37 Å². The number of nitrogens with zero attached hydrogens (tertiary/aromatic N) is 1. The minimum atomic E-state index is -0.279. The summed E-state index contributed by atoms with van der Waals surface area (Å²) in [6, 6.07) is 13.6. The molecule has 0 aliphatic heterocycles. The summed E-state index contributed by atoms with van der Waals surface area (Å²) < 4.78 is 24.2. The summed E-state index contributed by atoms with van der Waals surface area (Å²) in [5.74, 6) is 1.02. The van der Waals surface area contributed by atoms with Gasteiger partial charge in [0.05, 0.1) is 16.7 Å². The average Bonchev–Trinajstić information content (AvgIpc) is 3.07. The van der Waals surface area contributed by atoms with E-state index in [0.717, 1.165) is 35.8 Å². The molecule has 134 valence electrons. The van der Waals surface area contributed by atoms with Gasteiger partial charge in [0.1, 0.15) is 17.3 Å². The van der Waals surface area contributed by atoms with Crippen LogP contribution in [0.5, 0.6) is 11.5 Å². The van der Waals surface area contributed by atoms with Crippen molar-refractivity contribution in [3.63, 3.8) is 0 Å². The van der Waals surface area contributed by atoms with Gasteiger partial charge in [0, 0.05) is 12.8 Å². The molecule has 0 bridgehead atoms. The maximum Gasteiger partial charge on any atom is 0.187 e. The van der Waals surface area contributed by atoms with Crippen LogP contribution in [0, 0.1) is 5.82 Å². The van der Waals surface area contributed by atoms with Gasteiger partial charge >= 0.3 is 0 Å². The molecule has 1 atom stereocenters. The van der Waals surface area contributed by atoms with Gasteiger partial charge < -0.3 is 14.8 Å². The van der Waals surface area contributed by atoms with Crippen LogP contribution in [0.1, 0.15) is 29.5 Å². The van der Waals surface area contributed by atoms with Gasteiger partial charge in [0.2, 0.25) is 0 Å². The zero-order valence-corrected chi connectivity index (χ0v) is 15.2. The summed E-state index contributed by atoms with van der Waals surface area (Å²) in [5, 5.41) is 4.23. The van der Waals surface area contributed by atoms with Crippen LogP contribution in [-0.4, -0.2) is 12.1 Å². The predicted octanol–water partition coefficient (Wildman–Crippen LogP) is 5.84. The SMILES string of the molecule is COC1CCCc2nc(Nc3ccc(Oc4ccc(F)cc4)cc3)sc21. The number of nitrogens with one attached hydrogen (secondary N) is 1. The zero-order chi connectivity index (χ0) is 17.9. The van der Waals surface area contributed by atoms with Crippen molar-refractivity contribution < 1.29 is 13.9 Å². The molecule has 1 N–H and O–H groups in total. The Balaban J connectivity index is 1.44. The summed E-state index contributed by atoms with van der Waals surface area (Å²) in [6.07, 6.45) is 3.35. The second kappa shape index (κ2) is 7.43. The Kier molecular flexibility index (Phi) is 4.86. The molecule has 1 aliphatic carbocycles. The normalized spacial score (nSPS) is 16.2. The number of benzene rings is 2. The number of anilines is 2. The smallest absolute Gasteiger partial charge is 0.187 e. The summed E-state index contributed by atoms with van der Waals surface area (Å²) in [4.78, 5) is 5.94. The van der Waals surface area contributed by atoms with E-state index in [4.69, 9.17) is 14.5 Å². The molecule has 0 amide bonds. The summed E-state index contributed by atoms with van der Waals surface area (Å²) in [6.45, 7) is 0. The second-order valence-corrected chi connectivity index (χ2v) is 7.18. The van der Waals surface area contributed by atoms with E-state index < -0.39 is 0 Å². The molecule has 4 rings (SSSR count). The van der Waals surface area contributed by atoms with E-state index in [0.29, 0.717) is 11.5 Å². The monoisotopic (exact) mass is 370 g/mol. The number of thiazole rings is 1. The Morgan fingerprint density at radius 3 is 2.46 bits per heavy atom. The fourth-order valence-electron chi connectivity index (χ4n) is 3.03. The van der Waals surface area contributed by atoms with Gasteiger partial charge in [0.15, 0.2) is 5.13 Å². The fraction of sp³-hybridized carbons (Fsp3) is 0.250. The molecule has 0 saturated heterocycles. The number of aromatic nitrogens is 1. The molecule has 4 nitrogen and oxygen atoms in total. The first kappa shape index (κ1) is 17.0. The lowest BCUT2D eigenvalue weighted by molar-refractivity contribution is 0.0908. The van der Waals surface area contributed by atoms with Crippen LogP contribution in [0.2, 0.25) is 0 Å². The Bertz CT molecular complexity index is 878. The molecule has 26 heavy (non-hydrogen) atoms. The molecular formula is C20H19FN2O2S. The number of hydrogen-bond acceptors (Lipinski definition) is 5. The first-order valence-electron chi connectivity index (χ1n) is 8.54. The minimum absolute atomic E-state index is 0.165. The lowest BCUT2D eigenvalue weighted by atomic mass is 10.0. The standard InChI is InChI=1S/C20H19FN2O2S/c1-24-18-4-2-3-17-19(18)26-20(23-17)22-14-7-11-16(12-8-14)25-15-9-5-13(21)6-10-15/h5-12,18H,2-4H2,1H3,(H,22,23). The number of hydrogen-bond donors (Lipinski definition) is 1. The van der Waals surface area contributed by atoms with Crippen LogP contribution < -0.4 is 10.1 Å². The number of rotatable bonds is 5. The lowest BCUT2D eigenvalue weighted by Crippen LogP contribution is -2.08. The van der Waals surface area contributed by atoms with E-state index in [1.54, 1.807) is 30.6 Å². The van der Waals surface area contributed by atoms with E-state index in [9.17, 15) is 4.39 Å².